The first kappa shape index (κ1) is 15.4. The van der Waals surface area contributed by atoms with E-state index in [1.54, 1.807) is 6.07 Å². The third kappa shape index (κ3) is 4.00. The molecule has 0 heterocycles. The average Bonchev–Trinajstić information content (AvgIpc) is 2.44. The Morgan fingerprint density at radius 1 is 1.25 bits per heavy atom. The fourth-order valence-electron chi connectivity index (χ4n) is 2.89. The van der Waals surface area contributed by atoms with Crippen molar-refractivity contribution in [2.24, 2.45) is 5.92 Å². The Hall–Kier alpha value is -1.00. The van der Waals surface area contributed by atoms with E-state index in [9.17, 15) is 13.9 Å². The summed E-state index contributed by atoms with van der Waals surface area (Å²) in [6, 6.07) is 3.89. The summed E-state index contributed by atoms with van der Waals surface area (Å²) in [5.41, 5.74) is 0.0410. The quantitative estimate of drug-likeness (QED) is 0.868. The molecular formula is C16H23F2NO. The highest BCUT2D eigenvalue weighted by atomic mass is 19.2. The van der Waals surface area contributed by atoms with Gasteiger partial charge in [-0.3, -0.25) is 0 Å². The maximum absolute atomic E-state index is 13.1. The zero-order valence-electron chi connectivity index (χ0n) is 12.0. The van der Waals surface area contributed by atoms with E-state index in [0.29, 0.717) is 18.7 Å². The second-order valence-electron chi connectivity index (χ2n) is 5.93. The van der Waals surface area contributed by atoms with Crippen molar-refractivity contribution in [2.75, 3.05) is 6.54 Å². The minimum atomic E-state index is -0.828. The standard InChI is InChI=1S/C16H23F2NO/c1-2-12-5-7-16(20,8-6-12)11-19-10-13-3-4-14(17)15(18)9-13/h3-4,9,12,19-20H,2,5-8,10-11H2,1H3. The molecule has 1 fully saturated rings. The highest BCUT2D eigenvalue weighted by molar-refractivity contribution is 5.17. The smallest absolute Gasteiger partial charge is 0.159 e. The molecule has 1 aliphatic rings. The zero-order chi connectivity index (χ0) is 14.6. The van der Waals surface area contributed by atoms with Gasteiger partial charge < -0.3 is 10.4 Å². The van der Waals surface area contributed by atoms with Crippen LogP contribution in [0, 0.1) is 17.6 Å². The molecule has 1 aromatic carbocycles. The number of aliphatic hydroxyl groups is 1. The Bertz CT molecular complexity index is 442. The molecule has 0 aliphatic heterocycles. The first-order valence-electron chi connectivity index (χ1n) is 7.39. The molecule has 0 unspecified atom stereocenters. The highest BCUT2D eigenvalue weighted by Crippen LogP contribution is 2.33. The summed E-state index contributed by atoms with van der Waals surface area (Å²) in [4.78, 5) is 0. The van der Waals surface area contributed by atoms with Gasteiger partial charge in [0.15, 0.2) is 11.6 Å². The van der Waals surface area contributed by atoms with Gasteiger partial charge in [-0.1, -0.05) is 19.4 Å². The van der Waals surface area contributed by atoms with Gasteiger partial charge in [0, 0.05) is 13.1 Å². The SMILES string of the molecule is CCC1CCC(O)(CNCc2ccc(F)c(F)c2)CC1. The van der Waals surface area contributed by atoms with E-state index >= 15 is 0 Å². The number of hydrogen-bond donors (Lipinski definition) is 2. The van der Waals surface area contributed by atoms with E-state index in [4.69, 9.17) is 0 Å². The molecule has 2 N–H and O–H groups in total. The van der Waals surface area contributed by atoms with Crippen LogP contribution in [0.2, 0.25) is 0 Å². The van der Waals surface area contributed by atoms with E-state index < -0.39 is 17.2 Å². The summed E-state index contributed by atoms with van der Waals surface area (Å²) in [6.07, 6.45) is 4.95. The normalized spacial score (nSPS) is 26.7. The summed E-state index contributed by atoms with van der Waals surface area (Å²) >= 11 is 0. The molecule has 4 heteroatoms. The van der Waals surface area contributed by atoms with Gasteiger partial charge in [0.2, 0.25) is 0 Å². The molecule has 1 aromatic rings. The topological polar surface area (TPSA) is 32.3 Å². The minimum absolute atomic E-state index is 0.441. The largest absolute Gasteiger partial charge is 0.389 e. The molecule has 1 aliphatic carbocycles. The fourth-order valence-corrected chi connectivity index (χ4v) is 2.89. The number of rotatable bonds is 5. The maximum atomic E-state index is 13.1. The van der Waals surface area contributed by atoms with Crippen molar-refractivity contribution in [1.82, 2.24) is 5.32 Å². The lowest BCUT2D eigenvalue weighted by Crippen LogP contribution is -2.43. The molecule has 2 rings (SSSR count). The van der Waals surface area contributed by atoms with Crippen molar-refractivity contribution >= 4 is 0 Å². The Labute approximate surface area is 119 Å². The van der Waals surface area contributed by atoms with E-state index in [1.807, 2.05) is 0 Å². The van der Waals surface area contributed by atoms with Crippen LogP contribution >= 0.6 is 0 Å². The van der Waals surface area contributed by atoms with Gasteiger partial charge in [-0.25, -0.2) is 8.78 Å². The predicted octanol–water partition coefficient (Wildman–Crippen LogP) is 3.39. The fraction of sp³-hybridized carbons (Fsp3) is 0.625. The lowest BCUT2D eigenvalue weighted by Gasteiger charge is -2.36. The van der Waals surface area contributed by atoms with Crippen LogP contribution in [0.15, 0.2) is 18.2 Å². The van der Waals surface area contributed by atoms with Gasteiger partial charge in [-0.05, 0) is 49.3 Å². The lowest BCUT2D eigenvalue weighted by atomic mass is 9.78. The van der Waals surface area contributed by atoms with Gasteiger partial charge in [0.25, 0.3) is 0 Å². The Kier molecular flexibility index (Phi) is 5.11. The van der Waals surface area contributed by atoms with Crippen LogP contribution in [0.5, 0.6) is 0 Å². The summed E-state index contributed by atoms with van der Waals surface area (Å²) in [6.45, 7) is 3.13. The second-order valence-corrected chi connectivity index (χ2v) is 5.93. The second kappa shape index (κ2) is 6.64. The molecular weight excluding hydrogens is 260 g/mol. The lowest BCUT2D eigenvalue weighted by molar-refractivity contribution is -0.00881. The molecule has 112 valence electrons. The van der Waals surface area contributed by atoms with Crippen molar-refractivity contribution in [3.8, 4) is 0 Å². The molecule has 0 spiro atoms. The Morgan fingerprint density at radius 3 is 2.55 bits per heavy atom. The number of hydrogen-bond acceptors (Lipinski definition) is 2. The van der Waals surface area contributed by atoms with E-state index in [2.05, 4.69) is 12.2 Å². The summed E-state index contributed by atoms with van der Waals surface area (Å²) in [5, 5.41) is 13.6. The van der Waals surface area contributed by atoms with Gasteiger partial charge in [-0.2, -0.15) is 0 Å². The van der Waals surface area contributed by atoms with Crippen LogP contribution in [0.4, 0.5) is 8.78 Å². The van der Waals surface area contributed by atoms with E-state index in [1.165, 1.54) is 12.5 Å². The van der Waals surface area contributed by atoms with Gasteiger partial charge >= 0.3 is 0 Å². The van der Waals surface area contributed by atoms with Crippen molar-refractivity contribution in [3.63, 3.8) is 0 Å². The third-order valence-corrected chi connectivity index (χ3v) is 4.38. The van der Waals surface area contributed by atoms with Crippen molar-refractivity contribution in [3.05, 3.63) is 35.4 Å². The zero-order valence-corrected chi connectivity index (χ0v) is 12.0. The number of benzene rings is 1. The molecule has 0 radical (unpaired) electrons. The maximum Gasteiger partial charge on any atom is 0.159 e. The third-order valence-electron chi connectivity index (χ3n) is 4.38. The van der Waals surface area contributed by atoms with E-state index in [-0.39, 0.29) is 0 Å². The average molecular weight is 283 g/mol. The molecule has 20 heavy (non-hydrogen) atoms. The minimum Gasteiger partial charge on any atom is -0.389 e. The van der Waals surface area contributed by atoms with Crippen LogP contribution in [0.1, 0.15) is 44.6 Å². The predicted molar refractivity (Wildman–Crippen MR) is 75.3 cm³/mol. The first-order valence-corrected chi connectivity index (χ1v) is 7.39. The van der Waals surface area contributed by atoms with Crippen LogP contribution < -0.4 is 5.32 Å². The van der Waals surface area contributed by atoms with Crippen molar-refractivity contribution in [1.29, 1.82) is 0 Å². The number of halogens is 2. The summed E-state index contributed by atoms with van der Waals surface area (Å²) in [5.74, 6) is -0.918. The highest BCUT2D eigenvalue weighted by Gasteiger charge is 2.31. The van der Waals surface area contributed by atoms with Crippen molar-refractivity contribution < 1.29 is 13.9 Å². The monoisotopic (exact) mass is 283 g/mol. The van der Waals surface area contributed by atoms with E-state index in [0.717, 1.165) is 37.7 Å². The van der Waals surface area contributed by atoms with Crippen LogP contribution in [-0.2, 0) is 6.54 Å². The van der Waals surface area contributed by atoms with Crippen LogP contribution in [0.25, 0.3) is 0 Å². The Morgan fingerprint density at radius 2 is 1.95 bits per heavy atom. The molecule has 0 atom stereocenters. The summed E-state index contributed by atoms with van der Waals surface area (Å²) < 4.78 is 25.9. The van der Waals surface area contributed by atoms with Gasteiger partial charge in [0.1, 0.15) is 0 Å². The molecule has 0 aromatic heterocycles. The molecule has 0 saturated heterocycles. The molecule has 0 bridgehead atoms. The molecule has 2 nitrogen and oxygen atoms in total. The number of nitrogens with one attached hydrogen (secondary N) is 1. The van der Waals surface area contributed by atoms with Gasteiger partial charge in [-0.15, -0.1) is 0 Å². The Balaban J connectivity index is 1.79. The molecule has 0 amide bonds. The molecule has 1 saturated carbocycles. The first-order chi connectivity index (χ1) is 9.52. The summed E-state index contributed by atoms with van der Waals surface area (Å²) in [7, 11) is 0. The van der Waals surface area contributed by atoms with Gasteiger partial charge in [0.05, 0.1) is 5.60 Å². The van der Waals surface area contributed by atoms with Crippen molar-refractivity contribution in [2.45, 2.75) is 51.2 Å². The van der Waals surface area contributed by atoms with Crippen LogP contribution in [-0.4, -0.2) is 17.3 Å². The van der Waals surface area contributed by atoms with Crippen LogP contribution in [0.3, 0.4) is 0 Å².